The fourth-order valence-electron chi connectivity index (χ4n) is 3.37. The van der Waals surface area contributed by atoms with Gasteiger partial charge in [-0.3, -0.25) is 14.6 Å². The van der Waals surface area contributed by atoms with Crippen LogP contribution in [0.3, 0.4) is 0 Å². The minimum Gasteiger partial charge on any atom is -0.353 e. The van der Waals surface area contributed by atoms with E-state index in [0.29, 0.717) is 12.6 Å². The largest absolute Gasteiger partial charge is 0.353 e. The third-order valence-electron chi connectivity index (χ3n) is 4.79. The zero-order valence-electron chi connectivity index (χ0n) is 14.7. The number of piperazine rings is 1. The van der Waals surface area contributed by atoms with Crippen molar-refractivity contribution in [1.29, 1.82) is 0 Å². The lowest BCUT2D eigenvalue weighted by Gasteiger charge is -2.34. The Labute approximate surface area is 163 Å². The van der Waals surface area contributed by atoms with E-state index in [1.807, 2.05) is 0 Å². The van der Waals surface area contributed by atoms with E-state index in [9.17, 15) is 4.79 Å². The summed E-state index contributed by atoms with van der Waals surface area (Å²) in [5.41, 5.74) is 1.36. The molecule has 2 N–H and O–H groups in total. The molecule has 0 saturated carbocycles. The summed E-state index contributed by atoms with van der Waals surface area (Å²) in [4.78, 5) is 16.8. The van der Waals surface area contributed by atoms with Gasteiger partial charge in [0.05, 0.1) is 6.54 Å². The normalized spacial score (nSPS) is 21.2. The molecule has 1 amide bonds. The highest BCUT2D eigenvalue weighted by Gasteiger charge is 2.20. The Morgan fingerprint density at radius 1 is 1.08 bits per heavy atom. The maximum atomic E-state index is 12.0. The molecule has 1 unspecified atom stereocenters. The number of nitrogens with zero attached hydrogens (tertiary/aromatic N) is 2. The molecule has 2 aliphatic rings. The van der Waals surface area contributed by atoms with E-state index < -0.39 is 0 Å². The van der Waals surface area contributed by atoms with Gasteiger partial charge in [-0.15, -0.1) is 24.8 Å². The summed E-state index contributed by atoms with van der Waals surface area (Å²) in [6.45, 7) is 7.42. The molecule has 25 heavy (non-hydrogen) atoms. The lowest BCUT2D eigenvalue weighted by molar-refractivity contribution is -0.122. The summed E-state index contributed by atoms with van der Waals surface area (Å²) in [7, 11) is 0. The summed E-state index contributed by atoms with van der Waals surface area (Å²) >= 11 is 0. The van der Waals surface area contributed by atoms with Crippen molar-refractivity contribution in [3.63, 3.8) is 0 Å². The van der Waals surface area contributed by atoms with Crippen molar-refractivity contribution in [3.05, 3.63) is 35.9 Å². The minimum atomic E-state index is 0. The Kier molecular flexibility index (Phi) is 10.4. The summed E-state index contributed by atoms with van der Waals surface area (Å²) in [5.74, 6) is 0.162. The highest BCUT2D eigenvalue weighted by molar-refractivity contribution is 5.85. The highest BCUT2D eigenvalue weighted by Crippen LogP contribution is 2.08. The lowest BCUT2D eigenvalue weighted by Crippen LogP contribution is -2.50. The predicted molar refractivity (Wildman–Crippen MR) is 107 cm³/mol. The van der Waals surface area contributed by atoms with Crippen molar-refractivity contribution < 1.29 is 4.79 Å². The maximum Gasteiger partial charge on any atom is 0.234 e. The number of carbonyl (C=O) groups excluding carboxylic acids is 1. The second kappa shape index (κ2) is 11.7. The van der Waals surface area contributed by atoms with Crippen LogP contribution in [0, 0.1) is 0 Å². The van der Waals surface area contributed by atoms with Crippen LogP contribution in [0.15, 0.2) is 30.3 Å². The Balaban J connectivity index is 0.00000156. The Bertz CT molecular complexity index is 489. The van der Waals surface area contributed by atoms with Gasteiger partial charge in [-0.2, -0.15) is 0 Å². The molecule has 1 aromatic carbocycles. The Morgan fingerprint density at radius 3 is 2.40 bits per heavy atom. The average molecular weight is 389 g/mol. The van der Waals surface area contributed by atoms with Crippen molar-refractivity contribution in [2.75, 3.05) is 45.8 Å². The van der Waals surface area contributed by atoms with E-state index in [1.54, 1.807) is 0 Å². The molecule has 0 radical (unpaired) electrons. The number of rotatable bonds is 6. The van der Waals surface area contributed by atoms with Crippen LogP contribution < -0.4 is 10.6 Å². The van der Waals surface area contributed by atoms with E-state index in [4.69, 9.17) is 0 Å². The summed E-state index contributed by atoms with van der Waals surface area (Å²) < 4.78 is 0. The van der Waals surface area contributed by atoms with E-state index in [2.05, 4.69) is 50.8 Å². The maximum absolute atomic E-state index is 12.0. The SMILES string of the molecule is Cl.Cl.O=C(CN1CCN(Cc2ccccc2)CC1)NCC1CCCN1. The van der Waals surface area contributed by atoms with Gasteiger partial charge in [0.1, 0.15) is 0 Å². The second-order valence-corrected chi connectivity index (χ2v) is 6.64. The number of carbonyl (C=O) groups is 1. The lowest BCUT2D eigenvalue weighted by atomic mass is 10.2. The quantitative estimate of drug-likeness (QED) is 0.775. The molecule has 3 rings (SSSR count). The van der Waals surface area contributed by atoms with Gasteiger partial charge in [-0.25, -0.2) is 0 Å². The van der Waals surface area contributed by atoms with Crippen molar-refractivity contribution in [1.82, 2.24) is 20.4 Å². The smallest absolute Gasteiger partial charge is 0.234 e. The number of hydrogen-bond acceptors (Lipinski definition) is 4. The van der Waals surface area contributed by atoms with E-state index in [1.165, 1.54) is 18.4 Å². The predicted octanol–water partition coefficient (Wildman–Crippen LogP) is 1.52. The van der Waals surface area contributed by atoms with Gasteiger partial charge in [0.25, 0.3) is 0 Å². The zero-order chi connectivity index (χ0) is 15.9. The van der Waals surface area contributed by atoms with Crippen LogP contribution >= 0.6 is 24.8 Å². The molecule has 142 valence electrons. The molecule has 2 saturated heterocycles. The van der Waals surface area contributed by atoms with Crippen molar-refractivity contribution in [2.24, 2.45) is 0 Å². The molecule has 2 fully saturated rings. The summed E-state index contributed by atoms with van der Waals surface area (Å²) in [5, 5.41) is 6.48. The summed E-state index contributed by atoms with van der Waals surface area (Å²) in [6, 6.07) is 11.1. The highest BCUT2D eigenvalue weighted by atomic mass is 35.5. The van der Waals surface area contributed by atoms with Crippen LogP contribution in [-0.2, 0) is 11.3 Å². The van der Waals surface area contributed by atoms with Gasteiger partial charge in [-0.1, -0.05) is 30.3 Å². The third-order valence-corrected chi connectivity index (χ3v) is 4.79. The van der Waals surface area contributed by atoms with Crippen molar-refractivity contribution >= 4 is 30.7 Å². The number of nitrogens with one attached hydrogen (secondary N) is 2. The molecule has 5 nitrogen and oxygen atoms in total. The van der Waals surface area contributed by atoms with Gasteiger partial charge in [0.15, 0.2) is 0 Å². The minimum absolute atomic E-state index is 0. The van der Waals surface area contributed by atoms with Crippen molar-refractivity contribution in [3.8, 4) is 0 Å². The molecular formula is C18H30Cl2N4O. The van der Waals surface area contributed by atoms with E-state index in [-0.39, 0.29) is 30.7 Å². The number of hydrogen-bond donors (Lipinski definition) is 2. The molecule has 0 spiro atoms. The van der Waals surface area contributed by atoms with Crippen LogP contribution in [0.1, 0.15) is 18.4 Å². The van der Waals surface area contributed by atoms with Gasteiger partial charge in [0.2, 0.25) is 5.91 Å². The first-order chi connectivity index (χ1) is 11.3. The first kappa shape index (κ1) is 22.2. The van der Waals surface area contributed by atoms with Gasteiger partial charge in [-0.05, 0) is 24.9 Å². The number of amides is 1. The standard InChI is InChI=1S/C18H28N4O.2ClH/c23-18(20-13-17-7-4-8-19-17)15-22-11-9-21(10-12-22)14-16-5-2-1-3-6-16;;/h1-3,5-6,17,19H,4,7-15H2,(H,20,23);2*1H. The molecule has 2 heterocycles. The Morgan fingerprint density at radius 2 is 1.76 bits per heavy atom. The van der Waals surface area contributed by atoms with E-state index in [0.717, 1.165) is 45.8 Å². The summed E-state index contributed by atoms with van der Waals surface area (Å²) in [6.07, 6.45) is 2.41. The molecule has 0 bridgehead atoms. The molecule has 2 aliphatic heterocycles. The third kappa shape index (κ3) is 7.50. The first-order valence-electron chi connectivity index (χ1n) is 8.78. The Hall–Kier alpha value is -0.850. The molecule has 0 aliphatic carbocycles. The topological polar surface area (TPSA) is 47.6 Å². The fraction of sp³-hybridized carbons (Fsp3) is 0.611. The zero-order valence-corrected chi connectivity index (χ0v) is 16.3. The number of halogens is 2. The fourth-order valence-corrected chi connectivity index (χ4v) is 3.37. The van der Waals surface area contributed by atoms with Gasteiger partial charge in [0, 0.05) is 45.3 Å². The van der Waals surface area contributed by atoms with Crippen LogP contribution in [0.25, 0.3) is 0 Å². The molecule has 1 aromatic rings. The molecule has 1 atom stereocenters. The first-order valence-corrected chi connectivity index (χ1v) is 8.78. The van der Waals surface area contributed by atoms with Crippen LogP contribution in [0.4, 0.5) is 0 Å². The van der Waals surface area contributed by atoms with Crippen LogP contribution in [0.2, 0.25) is 0 Å². The second-order valence-electron chi connectivity index (χ2n) is 6.64. The average Bonchev–Trinajstić information content (AvgIpc) is 3.09. The molecule has 7 heteroatoms. The van der Waals surface area contributed by atoms with Gasteiger partial charge >= 0.3 is 0 Å². The van der Waals surface area contributed by atoms with Crippen LogP contribution in [0.5, 0.6) is 0 Å². The molecular weight excluding hydrogens is 359 g/mol. The monoisotopic (exact) mass is 388 g/mol. The molecule has 0 aromatic heterocycles. The van der Waals surface area contributed by atoms with Gasteiger partial charge < -0.3 is 10.6 Å². The van der Waals surface area contributed by atoms with Crippen molar-refractivity contribution in [2.45, 2.75) is 25.4 Å². The number of benzene rings is 1. The van der Waals surface area contributed by atoms with Crippen LogP contribution in [-0.4, -0.2) is 67.6 Å². The van der Waals surface area contributed by atoms with E-state index >= 15 is 0 Å².